The third-order valence-corrected chi connectivity index (χ3v) is 7.95. The summed E-state index contributed by atoms with van der Waals surface area (Å²) in [6.45, 7) is 9.00. The fraction of sp³-hybridized carbons (Fsp3) is 0.382. The maximum atomic E-state index is 12.3. The van der Waals surface area contributed by atoms with Crippen molar-refractivity contribution in [3.8, 4) is 0 Å². The first-order valence-corrected chi connectivity index (χ1v) is 13.9. The van der Waals surface area contributed by atoms with Gasteiger partial charge in [-0.2, -0.15) is 0 Å². The highest BCUT2D eigenvalue weighted by molar-refractivity contribution is 5.82. The van der Waals surface area contributed by atoms with E-state index in [0.717, 1.165) is 61.2 Å². The fourth-order valence-electron chi connectivity index (χ4n) is 5.51. The summed E-state index contributed by atoms with van der Waals surface area (Å²) in [6.07, 6.45) is 7.27. The van der Waals surface area contributed by atoms with Crippen LogP contribution in [0, 0.1) is 5.92 Å². The first kappa shape index (κ1) is 27.8. The lowest BCUT2D eigenvalue weighted by Crippen LogP contribution is -2.44. The van der Waals surface area contributed by atoms with Crippen LogP contribution < -0.4 is 0 Å². The van der Waals surface area contributed by atoms with E-state index in [1.54, 1.807) is 0 Å². The number of hydrogen-bond acceptors (Lipinski definition) is 4. The minimum atomic E-state index is -0.970. The molecule has 4 heteroatoms. The Morgan fingerprint density at radius 3 is 1.97 bits per heavy atom. The van der Waals surface area contributed by atoms with Crippen LogP contribution in [0.3, 0.4) is 0 Å². The monoisotopic (exact) mass is 511 g/mol. The Morgan fingerprint density at radius 1 is 0.895 bits per heavy atom. The Kier molecular flexibility index (Phi) is 9.19. The second-order valence-electron chi connectivity index (χ2n) is 10.8. The molecule has 1 saturated heterocycles. The zero-order valence-corrected chi connectivity index (χ0v) is 23.0. The number of carbonyl (C=O) groups excluding carboxylic acids is 1. The first-order valence-electron chi connectivity index (χ1n) is 13.9. The molecule has 1 aliphatic heterocycles. The zero-order valence-electron chi connectivity index (χ0n) is 23.0. The van der Waals surface area contributed by atoms with Gasteiger partial charge < -0.3 is 14.7 Å². The van der Waals surface area contributed by atoms with Gasteiger partial charge in [0.25, 0.3) is 0 Å². The van der Waals surface area contributed by atoms with Crippen molar-refractivity contribution in [2.75, 3.05) is 26.2 Å². The topological polar surface area (TPSA) is 49.8 Å². The van der Waals surface area contributed by atoms with Gasteiger partial charge in [0.2, 0.25) is 0 Å². The average molecular weight is 512 g/mol. The van der Waals surface area contributed by atoms with E-state index in [1.807, 2.05) is 69.3 Å². The Hall–Kier alpha value is -3.21. The molecule has 200 valence electrons. The lowest BCUT2D eigenvalue weighted by Gasteiger charge is -2.42. The summed E-state index contributed by atoms with van der Waals surface area (Å²) in [7, 11) is 0. The number of benzene rings is 3. The molecule has 0 amide bonds. The van der Waals surface area contributed by atoms with Crippen LogP contribution in [0.1, 0.15) is 62.3 Å². The molecular weight excluding hydrogens is 470 g/mol. The van der Waals surface area contributed by atoms with Gasteiger partial charge in [0.05, 0.1) is 12.0 Å². The van der Waals surface area contributed by atoms with Gasteiger partial charge in [-0.15, -0.1) is 0 Å². The van der Waals surface area contributed by atoms with Crippen LogP contribution in [0.25, 0.3) is 6.08 Å². The maximum Gasteiger partial charge on any atom is 0.315 e. The van der Waals surface area contributed by atoms with E-state index in [-0.39, 0.29) is 11.9 Å². The van der Waals surface area contributed by atoms with Crippen LogP contribution in [-0.4, -0.2) is 42.2 Å². The van der Waals surface area contributed by atoms with E-state index in [4.69, 9.17) is 4.74 Å². The largest absolute Gasteiger partial charge is 0.465 e. The Balaban J connectivity index is 1.31. The van der Waals surface area contributed by atoms with E-state index in [2.05, 4.69) is 53.5 Å². The molecule has 0 aromatic heterocycles. The van der Waals surface area contributed by atoms with E-state index in [1.165, 1.54) is 0 Å². The second kappa shape index (κ2) is 12.6. The molecule has 0 unspecified atom stereocenters. The highest BCUT2D eigenvalue weighted by Crippen LogP contribution is 2.41. The summed E-state index contributed by atoms with van der Waals surface area (Å²) in [5.41, 5.74) is 2.42. The minimum absolute atomic E-state index is 0.177. The van der Waals surface area contributed by atoms with Crippen LogP contribution in [0.5, 0.6) is 0 Å². The third kappa shape index (κ3) is 6.25. The molecule has 0 spiro atoms. The minimum Gasteiger partial charge on any atom is -0.465 e. The number of aliphatic hydroxyl groups is 1. The number of piperidine rings is 1. The number of nitrogens with zero attached hydrogens (tertiary/aromatic N) is 1. The number of ether oxygens (including phenoxy) is 1. The van der Waals surface area contributed by atoms with Crippen molar-refractivity contribution in [3.63, 3.8) is 0 Å². The molecule has 1 aliphatic rings. The van der Waals surface area contributed by atoms with Crippen LogP contribution in [0.15, 0.2) is 91.0 Å². The van der Waals surface area contributed by atoms with Crippen molar-refractivity contribution in [3.05, 3.63) is 113 Å². The fourth-order valence-corrected chi connectivity index (χ4v) is 5.51. The lowest BCUT2D eigenvalue weighted by molar-refractivity contribution is -0.148. The number of rotatable bonds is 10. The van der Waals surface area contributed by atoms with Crippen molar-refractivity contribution >= 4 is 12.0 Å². The molecule has 0 saturated carbocycles. The lowest BCUT2D eigenvalue weighted by atomic mass is 9.72. The van der Waals surface area contributed by atoms with Crippen LogP contribution >= 0.6 is 0 Å². The van der Waals surface area contributed by atoms with Crippen molar-refractivity contribution in [1.82, 2.24) is 4.90 Å². The van der Waals surface area contributed by atoms with Gasteiger partial charge >= 0.3 is 5.97 Å². The predicted molar refractivity (Wildman–Crippen MR) is 155 cm³/mol. The summed E-state index contributed by atoms with van der Waals surface area (Å²) < 4.78 is 5.23. The van der Waals surface area contributed by atoms with E-state index in [0.29, 0.717) is 6.61 Å². The molecule has 3 aromatic carbocycles. The summed E-state index contributed by atoms with van der Waals surface area (Å²) >= 11 is 0. The molecule has 0 atom stereocenters. The third-order valence-electron chi connectivity index (χ3n) is 7.95. The summed E-state index contributed by atoms with van der Waals surface area (Å²) in [5.74, 6) is -0.0190. The molecule has 1 N–H and O–H groups in total. The SMILES string of the molecule is CCOC(=O)C(C)(C)c1ccc(C=CCCN2CCC(C(O)(c3ccccc3)c3ccccc3)CC2)cc1. The summed E-state index contributed by atoms with van der Waals surface area (Å²) in [4.78, 5) is 14.8. The van der Waals surface area contributed by atoms with Gasteiger partial charge in [-0.25, -0.2) is 0 Å². The number of hydrogen-bond donors (Lipinski definition) is 1. The van der Waals surface area contributed by atoms with Crippen molar-refractivity contribution < 1.29 is 14.6 Å². The molecule has 0 aliphatic carbocycles. The summed E-state index contributed by atoms with van der Waals surface area (Å²) in [5, 5.41) is 12.1. The van der Waals surface area contributed by atoms with E-state index < -0.39 is 11.0 Å². The maximum absolute atomic E-state index is 12.3. The van der Waals surface area contributed by atoms with E-state index >= 15 is 0 Å². The van der Waals surface area contributed by atoms with Gasteiger partial charge in [0.15, 0.2) is 0 Å². The second-order valence-corrected chi connectivity index (χ2v) is 10.8. The summed E-state index contributed by atoms with van der Waals surface area (Å²) in [6, 6.07) is 28.4. The van der Waals surface area contributed by atoms with Crippen molar-refractivity contribution in [1.29, 1.82) is 0 Å². The average Bonchev–Trinajstić information content (AvgIpc) is 2.96. The van der Waals surface area contributed by atoms with Gasteiger partial charge in [-0.1, -0.05) is 97.1 Å². The van der Waals surface area contributed by atoms with Crippen LogP contribution in [0.2, 0.25) is 0 Å². The first-order chi connectivity index (χ1) is 18.4. The Morgan fingerprint density at radius 2 is 1.45 bits per heavy atom. The van der Waals surface area contributed by atoms with Crippen molar-refractivity contribution in [2.24, 2.45) is 5.92 Å². The van der Waals surface area contributed by atoms with Crippen LogP contribution in [0.4, 0.5) is 0 Å². The standard InChI is InChI=1S/C34H41NO3/c1-4-38-32(36)33(2,3)28-20-18-27(19-21-28)13-11-12-24-35-25-22-31(23-26-35)34(37,29-14-7-5-8-15-29)30-16-9-6-10-17-30/h5-11,13-21,31,37H,4,12,22-26H2,1-3H3. The highest BCUT2D eigenvalue weighted by atomic mass is 16.5. The number of carbonyl (C=O) groups is 1. The molecule has 0 bridgehead atoms. The highest BCUT2D eigenvalue weighted by Gasteiger charge is 2.41. The smallest absolute Gasteiger partial charge is 0.315 e. The zero-order chi connectivity index (χ0) is 27.0. The normalized spacial score (nSPS) is 15.6. The molecular formula is C34H41NO3. The quantitative estimate of drug-likeness (QED) is 0.313. The van der Waals surface area contributed by atoms with Crippen molar-refractivity contribution in [2.45, 2.75) is 51.0 Å². The van der Waals surface area contributed by atoms with Gasteiger partial charge in [0.1, 0.15) is 5.60 Å². The van der Waals surface area contributed by atoms with Gasteiger partial charge in [-0.3, -0.25) is 4.79 Å². The number of esters is 1. The predicted octanol–water partition coefficient (Wildman–Crippen LogP) is 6.58. The number of likely N-dealkylation sites (tertiary alicyclic amines) is 1. The molecule has 1 fully saturated rings. The molecule has 38 heavy (non-hydrogen) atoms. The molecule has 4 nitrogen and oxygen atoms in total. The van der Waals surface area contributed by atoms with Gasteiger partial charge in [0, 0.05) is 6.54 Å². The van der Waals surface area contributed by atoms with E-state index in [9.17, 15) is 9.90 Å². The molecule has 4 rings (SSSR count). The Bertz CT molecular complexity index is 1140. The Labute approximate surface area is 228 Å². The molecule has 1 heterocycles. The molecule has 3 aromatic rings. The van der Waals surface area contributed by atoms with Gasteiger partial charge in [-0.05, 0) is 81.3 Å². The molecule has 0 radical (unpaired) electrons. The van der Waals surface area contributed by atoms with Crippen LogP contribution in [-0.2, 0) is 20.5 Å².